The highest BCUT2D eigenvalue weighted by molar-refractivity contribution is 9.10. The molecule has 9 heteroatoms. The van der Waals surface area contributed by atoms with Crippen LogP contribution in [0.25, 0.3) is 22.0 Å². The minimum Gasteiger partial charge on any atom is -0.491 e. The molecule has 0 bridgehead atoms. The van der Waals surface area contributed by atoms with Gasteiger partial charge in [-0.15, -0.1) is 0 Å². The summed E-state index contributed by atoms with van der Waals surface area (Å²) in [4.78, 5) is 15.6. The predicted molar refractivity (Wildman–Crippen MR) is 135 cm³/mol. The van der Waals surface area contributed by atoms with Crippen LogP contribution < -0.4 is 9.47 Å². The van der Waals surface area contributed by atoms with Crippen molar-refractivity contribution in [2.75, 3.05) is 6.61 Å². The number of aromatic nitrogens is 1. The average Bonchev–Trinajstić information content (AvgIpc) is 3.15. The zero-order valence-electron chi connectivity index (χ0n) is 19.7. The van der Waals surface area contributed by atoms with Crippen molar-refractivity contribution in [3.63, 3.8) is 0 Å². The van der Waals surface area contributed by atoms with Crippen LogP contribution in [0.4, 0.5) is 13.2 Å². The number of rotatable bonds is 7. The second-order valence-corrected chi connectivity index (χ2v) is 9.04. The molecule has 5 nitrogen and oxygen atoms in total. The standard InChI is InChI=1S/C27H23BrF3NO4/c1-4-34-26(33)25-24(28)23-21(16-8-10-18(11-9-16)35-15(2)3)13-20(14-22(23)32-25)36-19-7-5-6-17(12-19)27(29,30)31/h5-15,32H,4H2,1-3H3. The van der Waals surface area contributed by atoms with Crippen LogP contribution >= 0.6 is 15.9 Å². The molecule has 1 aromatic heterocycles. The van der Waals surface area contributed by atoms with Crippen molar-refractivity contribution in [2.45, 2.75) is 33.1 Å². The number of carbonyl (C=O) groups is 1. The number of fused-ring (bicyclic) bond motifs is 1. The van der Waals surface area contributed by atoms with Crippen LogP contribution in [-0.2, 0) is 10.9 Å². The summed E-state index contributed by atoms with van der Waals surface area (Å²) in [6.07, 6.45) is -4.48. The Morgan fingerprint density at radius 1 is 1.00 bits per heavy atom. The molecular formula is C27H23BrF3NO4. The first-order valence-corrected chi connectivity index (χ1v) is 12.0. The number of H-pyrrole nitrogens is 1. The van der Waals surface area contributed by atoms with Gasteiger partial charge in [-0.1, -0.05) is 18.2 Å². The van der Waals surface area contributed by atoms with Crippen LogP contribution in [0.1, 0.15) is 36.8 Å². The van der Waals surface area contributed by atoms with E-state index in [1.165, 1.54) is 12.1 Å². The van der Waals surface area contributed by atoms with E-state index in [1.807, 2.05) is 38.1 Å². The Kier molecular flexibility index (Phi) is 7.31. The smallest absolute Gasteiger partial charge is 0.416 e. The molecule has 0 aliphatic carbocycles. The van der Waals surface area contributed by atoms with Gasteiger partial charge in [-0.05, 0) is 84.2 Å². The quantitative estimate of drug-likeness (QED) is 0.230. The van der Waals surface area contributed by atoms with Gasteiger partial charge in [-0.25, -0.2) is 4.79 Å². The van der Waals surface area contributed by atoms with Gasteiger partial charge in [0.15, 0.2) is 0 Å². The highest BCUT2D eigenvalue weighted by Crippen LogP contribution is 2.41. The molecule has 4 aromatic rings. The summed E-state index contributed by atoms with van der Waals surface area (Å²) < 4.78 is 56.8. The molecule has 188 valence electrons. The van der Waals surface area contributed by atoms with E-state index in [0.29, 0.717) is 32.4 Å². The van der Waals surface area contributed by atoms with Gasteiger partial charge >= 0.3 is 12.1 Å². The van der Waals surface area contributed by atoms with Crippen LogP contribution in [0.15, 0.2) is 65.1 Å². The third-order valence-electron chi connectivity index (χ3n) is 5.22. The van der Waals surface area contributed by atoms with Gasteiger partial charge in [-0.3, -0.25) is 0 Å². The molecule has 1 heterocycles. The van der Waals surface area contributed by atoms with Gasteiger partial charge in [0.25, 0.3) is 0 Å². The molecule has 0 atom stereocenters. The van der Waals surface area contributed by atoms with Gasteiger partial charge in [-0.2, -0.15) is 13.2 Å². The first kappa shape index (κ1) is 25.6. The molecule has 0 amide bonds. The third kappa shape index (κ3) is 5.51. The molecule has 36 heavy (non-hydrogen) atoms. The summed E-state index contributed by atoms with van der Waals surface area (Å²) >= 11 is 3.52. The van der Waals surface area contributed by atoms with Crippen molar-refractivity contribution in [1.82, 2.24) is 4.98 Å². The van der Waals surface area contributed by atoms with Crippen LogP contribution in [0.3, 0.4) is 0 Å². The summed E-state index contributed by atoms with van der Waals surface area (Å²) in [5, 5.41) is 0.701. The maximum absolute atomic E-state index is 13.2. The van der Waals surface area contributed by atoms with Crippen molar-refractivity contribution in [3.05, 3.63) is 76.4 Å². The van der Waals surface area contributed by atoms with Crippen molar-refractivity contribution in [1.29, 1.82) is 0 Å². The van der Waals surface area contributed by atoms with E-state index >= 15 is 0 Å². The third-order valence-corrected chi connectivity index (χ3v) is 6.02. The summed E-state index contributed by atoms with van der Waals surface area (Å²) in [5.74, 6) is 0.491. The Morgan fingerprint density at radius 2 is 1.72 bits per heavy atom. The molecule has 1 N–H and O–H groups in total. The summed E-state index contributed by atoms with van der Waals surface area (Å²) in [6.45, 7) is 5.77. The first-order chi connectivity index (χ1) is 17.1. The number of carbonyl (C=O) groups excluding carboxylic acids is 1. The van der Waals surface area contributed by atoms with Gasteiger partial charge in [0.05, 0.1) is 28.3 Å². The Labute approximate surface area is 214 Å². The maximum Gasteiger partial charge on any atom is 0.416 e. The predicted octanol–water partition coefficient (Wildman–Crippen LogP) is 8.37. The molecule has 0 saturated carbocycles. The Hall–Kier alpha value is -3.46. The van der Waals surface area contributed by atoms with E-state index in [2.05, 4.69) is 20.9 Å². The number of esters is 1. The second-order valence-electron chi connectivity index (χ2n) is 8.25. The van der Waals surface area contributed by atoms with Gasteiger partial charge in [0.2, 0.25) is 0 Å². The SMILES string of the molecule is CCOC(=O)c1[nH]c2cc(Oc3cccc(C(F)(F)F)c3)cc(-c3ccc(OC(C)C)cc3)c2c1Br. The van der Waals surface area contributed by atoms with Gasteiger partial charge < -0.3 is 19.2 Å². The topological polar surface area (TPSA) is 60.6 Å². The molecule has 0 spiro atoms. The number of hydrogen-bond donors (Lipinski definition) is 1. The highest BCUT2D eigenvalue weighted by atomic mass is 79.9. The zero-order chi connectivity index (χ0) is 26.0. The number of benzene rings is 3. The van der Waals surface area contributed by atoms with E-state index in [9.17, 15) is 18.0 Å². The fourth-order valence-corrected chi connectivity index (χ4v) is 4.44. The highest BCUT2D eigenvalue weighted by Gasteiger charge is 2.30. The monoisotopic (exact) mass is 561 g/mol. The number of halogens is 4. The molecule has 0 saturated heterocycles. The van der Waals surface area contributed by atoms with Crippen LogP contribution in [-0.4, -0.2) is 23.7 Å². The fraction of sp³-hybridized carbons (Fsp3) is 0.222. The van der Waals surface area contributed by atoms with Crippen molar-refractivity contribution in [2.24, 2.45) is 0 Å². The molecule has 3 aromatic carbocycles. The van der Waals surface area contributed by atoms with Crippen molar-refractivity contribution in [3.8, 4) is 28.4 Å². The number of hydrogen-bond acceptors (Lipinski definition) is 4. The van der Waals surface area contributed by atoms with Crippen LogP contribution in [0.5, 0.6) is 17.2 Å². The van der Waals surface area contributed by atoms with E-state index in [4.69, 9.17) is 14.2 Å². The maximum atomic E-state index is 13.2. The normalized spacial score (nSPS) is 11.7. The fourth-order valence-electron chi connectivity index (χ4n) is 3.75. The lowest BCUT2D eigenvalue weighted by atomic mass is 10.0. The Balaban J connectivity index is 1.83. The number of aromatic amines is 1. The van der Waals surface area contributed by atoms with E-state index in [1.54, 1.807) is 19.1 Å². The summed E-state index contributed by atoms with van der Waals surface area (Å²) in [6, 6.07) is 15.4. The van der Waals surface area contributed by atoms with E-state index in [0.717, 1.165) is 17.7 Å². The molecule has 0 aliphatic rings. The largest absolute Gasteiger partial charge is 0.491 e. The molecule has 0 unspecified atom stereocenters. The van der Waals surface area contributed by atoms with Gasteiger partial charge in [0, 0.05) is 11.5 Å². The first-order valence-electron chi connectivity index (χ1n) is 11.2. The lowest BCUT2D eigenvalue weighted by molar-refractivity contribution is -0.137. The molecule has 0 aliphatic heterocycles. The van der Waals surface area contributed by atoms with Crippen molar-refractivity contribution < 1.29 is 32.2 Å². The minimum absolute atomic E-state index is 0.0118. The zero-order valence-corrected chi connectivity index (χ0v) is 21.3. The molecular weight excluding hydrogens is 539 g/mol. The number of ether oxygens (including phenoxy) is 3. The lowest BCUT2D eigenvalue weighted by Gasteiger charge is -2.13. The Morgan fingerprint density at radius 3 is 2.36 bits per heavy atom. The van der Waals surface area contributed by atoms with Gasteiger partial charge in [0.1, 0.15) is 22.9 Å². The summed E-state index contributed by atoms with van der Waals surface area (Å²) in [5.41, 5.74) is 1.45. The van der Waals surface area contributed by atoms with Crippen LogP contribution in [0.2, 0.25) is 0 Å². The van der Waals surface area contributed by atoms with Crippen LogP contribution in [0, 0.1) is 0 Å². The lowest BCUT2D eigenvalue weighted by Crippen LogP contribution is -2.05. The second kappa shape index (κ2) is 10.3. The number of nitrogens with one attached hydrogen (secondary N) is 1. The van der Waals surface area contributed by atoms with E-state index < -0.39 is 17.7 Å². The molecule has 4 rings (SSSR count). The van der Waals surface area contributed by atoms with Crippen molar-refractivity contribution >= 4 is 32.8 Å². The molecule has 0 fully saturated rings. The minimum atomic E-state index is -4.49. The Bertz CT molecular complexity index is 1390. The average molecular weight is 562 g/mol. The summed E-state index contributed by atoms with van der Waals surface area (Å²) in [7, 11) is 0. The van der Waals surface area contributed by atoms with E-state index in [-0.39, 0.29) is 24.2 Å². The number of alkyl halides is 3. The molecule has 0 radical (unpaired) electrons.